The largest absolute Gasteiger partial charge is 0.122 e. The first-order chi connectivity index (χ1) is 14.5. The maximum atomic E-state index is 6.18. The van der Waals surface area contributed by atoms with E-state index in [2.05, 4.69) is 34.6 Å². The summed E-state index contributed by atoms with van der Waals surface area (Å²) in [4.78, 5) is 0. The number of alkyl halides is 1. The number of halogens is 1. The Morgan fingerprint density at radius 1 is 0.433 bits per heavy atom. The number of unbranched alkanes of at least 4 members (excludes halogenated alkanes) is 15. The average molecular weight is 435 g/mol. The van der Waals surface area contributed by atoms with Crippen molar-refractivity contribution in [1.29, 1.82) is 0 Å². The number of rotatable bonds is 18. The fourth-order valence-electron chi connectivity index (χ4n) is 4.89. The second kappa shape index (κ2) is 17.1. The molecule has 0 aromatic heterocycles. The summed E-state index contributed by atoms with van der Waals surface area (Å²) in [6.45, 7) is 11.4. The van der Waals surface area contributed by atoms with Crippen LogP contribution in [0.15, 0.2) is 0 Å². The lowest BCUT2D eigenvalue weighted by molar-refractivity contribution is 0.529. The van der Waals surface area contributed by atoms with Gasteiger partial charge >= 0.3 is 0 Å². The Morgan fingerprint density at radius 2 is 0.733 bits per heavy atom. The van der Waals surface area contributed by atoms with Crippen molar-refractivity contribution in [2.45, 2.75) is 150 Å². The van der Waals surface area contributed by atoms with Gasteiger partial charge in [0.2, 0.25) is 0 Å². The number of hydrogen-bond donors (Lipinski definition) is 0. The molecule has 1 aromatic rings. The van der Waals surface area contributed by atoms with E-state index < -0.39 is 0 Å². The molecule has 0 nitrogen and oxygen atoms in total. The second-order valence-corrected chi connectivity index (χ2v) is 9.91. The maximum Gasteiger partial charge on any atom is 0.0479 e. The van der Waals surface area contributed by atoms with Crippen molar-refractivity contribution in [3.63, 3.8) is 0 Å². The van der Waals surface area contributed by atoms with E-state index in [-0.39, 0.29) is 0 Å². The normalized spacial score (nSPS) is 11.4. The fraction of sp³-hybridized carbons (Fsp3) is 0.793. The molecule has 0 aliphatic carbocycles. The number of hydrogen-bond acceptors (Lipinski definition) is 0. The van der Waals surface area contributed by atoms with Gasteiger partial charge in [-0.25, -0.2) is 0 Å². The zero-order valence-corrected chi connectivity index (χ0v) is 21.9. The SMILES string of the molecule is CCCCCCCCCCCCCCCCCCc1c(C)c(C)c(CCl)c(C)c1C. The van der Waals surface area contributed by atoms with Crippen molar-refractivity contribution in [1.82, 2.24) is 0 Å². The first kappa shape index (κ1) is 27.5. The van der Waals surface area contributed by atoms with Crippen molar-refractivity contribution >= 4 is 11.6 Å². The molecule has 0 aliphatic heterocycles. The summed E-state index contributed by atoms with van der Waals surface area (Å²) in [5, 5.41) is 0. The van der Waals surface area contributed by atoms with E-state index in [1.807, 2.05) is 0 Å². The zero-order valence-electron chi connectivity index (χ0n) is 21.1. The molecule has 1 rings (SSSR count). The van der Waals surface area contributed by atoms with Gasteiger partial charge in [-0.15, -0.1) is 11.6 Å². The quantitative estimate of drug-likeness (QED) is 0.159. The van der Waals surface area contributed by atoms with Crippen LogP contribution in [0.4, 0.5) is 0 Å². The van der Waals surface area contributed by atoms with E-state index >= 15 is 0 Å². The molecular weight excluding hydrogens is 384 g/mol. The lowest BCUT2D eigenvalue weighted by Crippen LogP contribution is -2.04. The van der Waals surface area contributed by atoms with Gasteiger partial charge in [-0.05, 0) is 73.9 Å². The monoisotopic (exact) mass is 434 g/mol. The molecule has 0 aliphatic rings. The third-order valence-electron chi connectivity index (χ3n) is 7.35. The molecule has 0 atom stereocenters. The summed E-state index contributed by atoms with van der Waals surface area (Å²) >= 11 is 6.18. The van der Waals surface area contributed by atoms with Crippen LogP contribution < -0.4 is 0 Å². The van der Waals surface area contributed by atoms with E-state index in [0.717, 1.165) is 0 Å². The summed E-state index contributed by atoms with van der Waals surface area (Å²) in [7, 11) is 0. The highest BCUT2D eigenvalue weighted by molar-refractivity contribution is 6.17. The molecule has 0 heterocycles. The van der Waals surface area contributed by atoms with Crippen molar-refractivity contribution in [2.75, 3.05) is 0 Å². The Morgan fingerprint density at radius 3 is 1.07 bits per heavy atom. The molecule has 0 saturated heterocycles. The van der Waals surface area contributed by atoms with Gasteiger partial charge in [0.1, 0.15) is 0 Å². The molecule has 1 heteroatoms. The van der Waals surface area contributed by atoms with Gasteiger partial charge in [0, 0.05) is 5.88 Å². The van der Waals surface area contributed by atoms with Crippen molar-refractivity contribution in [3.8, 4) is 0 Å². The Kier molecular flexibility index (Phi) is 15.7. The summed E-state index contributed by atoms with van der Waals surface area (Å²) < 4.78 is 0. The van der Waals surface area contributed by atoms with Crippen LogP contribution in [0, 0.1) is 27.7 Å². The molecule has 0 spiro atoms. The van der Waals surface area contributed by atoms with Gasteiger partial charge in [0.15, 0.2) is 0 Å². The lowest BCUT2D eigenvalue weighted by Gasteiger charge is -2.19. The Labute approximate surface area is 194 Å². The van der Waals surface area contributed by atoms with Gasteiger partial charge in [-0.3, -0.25) is 0 Å². The van der Waals surface area contributed by atoms with Crippen molar-refractivity contribution < 1.29 is 0 Å². The van der Waals surface area contributed by atoms with Crippen LogP contribution in [0.5, 0.6) is 0 Å². The first-order valence-electron chi connectivity index (χ1n) is 13.2. The summed E-state index contributed by atoms with van der Waals surface area (Å²) in [5.74, 6) is 0.638. The Hall–Kier alpha value is -0.490. The minimum absolute atomic E-state index is 0.638. The third kappa shape index (κ3) is 10.2. The second-order valence-electron chi connectivity index (χ2n) is 9.64. The highest BCUT2D eigenvalue weighted by Gasteiger charge is 2.13. The van der Waals surface area contributed by atoms with Crippen LogP contribution in [-0.2, 0) is 12.3 Å². The minimum Gasteiger partial charge on any atom is -0.122 e. The van der Waals surface area contributed by atoms with Crippen LogP contribution >= 0.6 is 11.6 Å². The van der Waals surface area contributed by atoms with Crippen LogP contribution in [0.1, 0.15) is 143 Å². The minimum atomic E-state index is 0.638. The lowest BCUT2D eigenvalue weighted by atomic mass is 9.87. The third-order valence-corrected chi connectivity index (χ3v) is 7.62. The van der Waals surface area contributed by atoms with Gasteiger partial charge in [0.05, 0.1) is 0 Å². The summed E-state index contributed by atoms with van der Waals surface area (Å²) in [5.41, 5.74) is 8.73. The average Bonchev–Trinajstić information content (AvgIpc) is 2.74. The fourth-order valence-corrected chi connectivity index (χ4v) is 5.29. The first-order valence-corrected chi connectivity index (χ1v) is 13.7. The molecule has 174 valence electrons. The van der Waals surface area contributed by atoms with E-state index in [9.17, 15) is 0 Å². The molecule has 0 N–H and O–H groups in total. The molecular formula is C29H51Cl. The van der Waals surface area contributed by atoms with E-state index in [1.165, 1.54) is 137 Å². The van der Waals surface area contributed by atoms with Gasteiger partial charge in [-0.1, -0.05) is 103 Å². The van der Waals surface area contributed by atoms with Crippen LogP contribution in [-0.4, -0.2) is 0 Å². The van der Waals surface area contributed by atoms with E-state index in [0.29, 0.717) is 5.88 Å². The van der Waals surface area contributed by atoms with Crippen LogP contribution in [0.2, 0.25) is 0 Å². The molecule has 0 bridgehead atoms. The van der Waals surface area contributed by atoms with Gasteiger partial charge in [0.25, 0.3) is 0 Å². The maximum absolute atomic E-state index is 6.18. The van der Waals surface area contributed by atoms with Gasteiger partial charge in [-0.2, -0.15) is 0 Å². The van der Waals surface area contributed by atoms with Crippen molar-refractivity contribution in [3.05, 3.63) is 33.4 Å². The van der Waals surface area contributed by atoms with Crippen LogP contribution in [0.25, 0.3) is 0 Å². The molecule has 0 unspecified atom stereocenters. The standard InChI is InChI=1S/C29H51Cl/c1-6-7-8-9-10-11-12-13-14-15-16-17-18-19-20-21-22-28-24(2)26(4)29(23-30)27(5)25(28)3/h6-23H2,1-5H3. The Bertz CT molecular complexity index is 543. The predicted molar refractivity (Wildman–Crippen MR) is 138 cm³/mol. The Balaban J connectivity index is 2.03. The highest BCUT2D eigenvalue weighted by Crippen LogP contribution is 2.29. The molecule has 0 saturated carbocycles. The molecule has 1 aromatic carbocycles. The van der Waals surface area contributed by atoms with Crippen molar-refractivity contribution in [2.24, 2.45) is 0 Å². The number of benzene rings is 1. The predicted octanol–water partition coefficient (Wildman–Crippen LogP) is 10.5. The van der Waals surface area contributed by atoms with E-state index in [1.54, 1.807) is 5.56 Å². The summed E-state index contributed by atoms with van der Waals surface area (Å²) in [6, 6.07) is 0. The molecule has 0 radical (unpaired) electrons. The highest BCUT2D eigenvalue weighted by atomic mass is 35.5. The molecule has 0 fully saturated rings. The van der Waals surface area contributed by atoms with E-state index in [4.69, 9.17) is 11.6 Å². The zero-order chi connectivity index (χ0) is 22.2. The van der Waals surface area contributed by atoms with Gasteiger partial charge < -0.3 is 0 Å². The topological polar surface area (TPSA) is 0 Å². The molecule has 0 amide bonds. The van der Waals surface area contributed by atoms with Crippen LogP contribution in [0.3, 0.4) is 0 Å². The summed E-state index contributed by atoms with van der Waals surface area (Å²) in [6.07, 6.45) is 24.2. The molecule has 30 heavy (non-hydrogen) atoms. The smallest absolute Gasteiger partial charge is 0.0479 e.